The molecular weight excluding hydrogens is 505 g/mol. The number of ether oxygens (including phenoxy) is 1. The van der Waals surface area contributed by atoms with Crippen molar-refractivity contribution in [1.29, 1.82) is 0 Å². The second-order valence-electron chi connectivity index (χ2n) is 10.1. The SMILES string of the molecule is Cc1nc2nc(C(F)(F)F)c(C(C)Oc3ccc(C(=O)N4CCC(O)C(C(C)(C)O)C4)cc3)cc2c(=O)[nH]1. The van der Waals surface area contributed by atoms with Gasteiger partial charge in [0.2, 0.25) is 0 Å². The lowest BCUT2D eigenvalue weighted by atomic mass is 9.82. The van der Waals surface area contributed by atoms with Crippen LogP contribution >= 0.6 is 0 Å². The minimum atomic E-state index is -4.81. The number of benzene rings is 1. The van der Waals surface area contributed by atoms with Crippen LogP contribution in [0.4, 0.5) is 13.2 Å². The number of pyridine rings is 1. The van der Waals surface area contributed by atoms with E-state index in [0.29, 0.717) is 18.5 Å². The molecule has 3 heterocycles. The van der Waals surface area contributed by atoms with E-state index in [4.69, 9.17) is 4.74 Å². The van der Waals surface area contributed by atoms with Crippen molar-refractivity contribution < 1.29 is 32.9 Å². The number of halogens is 3. The highest BCUT2D eigenvalue weighted by Crippen LogP contribution is 2.36. The van der Waals surface area contributed by atoms with Crippen LogP contribution in [-0.4, -0.2) is 60.8 Å². The van der Waals surface area contributed by atoms with Gasteiger partial charge in [-0.3, -0.25) is 9.59 Å². The number of nitrogens with one attached hydrogen (secondary N) is 1. The van der Waals surface area contributed by atoms with Crippen molar-refractivity contribution in [2.45, 2.75) is 58.1 Å². The quantitative estimate of drug-likeness (QED) is 0.458. The average Bonchev–Trinajstić information content (AvgIpc) is 2.82. The third-order valence-electron chi connectivity index (χ3n) is 6.74. The van der Waals surface area contributed by atoms with E-state index in [1.165, 1.54) is 38.1 Å². The Morgan fingerprint density at radius 3 is 2.47 bits per heavy atom. The van der Waals surface area contributed by atoms with Gasteiger partial charge in [-0.05, 0) is 64.4 Å². The molecule has 2 aromatic heterocycles. The maximum Gasteiger partial charge on any atom is 0.433 e. The molecule has 12 heteroatoms. The number of carbonyl (C=O) groups is 1. The number of aryl methyl sites for hydroxylation is 1. The third-order valence-corrected chi connectivity index (χ3v) is 6.74. The fraction of sp³-hybridized carbons (Fsp3) is 0.462. The molecule has 1 saturated heterocycles. The number of hydrogen-bond acceptors (Lipinski definition) is 7. The Morgan fingerprint density at radius 2 is 1.87 bits per heavy atom. The number of nitrogens with zero attached hydrogens (tertiary/aromatic N) is 3. The first-order chi connectivity index (χ1) is 17.6. The summed E-state index contributed by atoms with van der Waals surface area (Å²) in [6, 6.07) is 7.01. The zero-order chi connectivity index (χ0) is 28.0. The molecule has 3 atom stereocenters. The molecule has 38 heavy (non-hydrogen) atoms. The van der Waals surface area contributed by atoms with Crippen molar-refractivity contribution in [2.75, 3.05) is 13.1 Å². The smallest absolute Gasteiger partial charge is 0.433 e. The average molecular weight is 535 g/mol. The fourth-order valence-electron chi connectivity index (χ4n) is 4.67. The van der Waals surface area contributed by atoms with Gasteiger partial charge in [0, 0.05) is 30.1 Å². The molecule has 3 aromatic rings. The Labute approximate surface area is 216 Å². The predicted molar refractivity (Wildman–Crippen MR) is 132 cm³/mol. The molecule has 1 aliphatic rings. The van der Waals surface area contributed by atoms with Crippen LogP contribution in [0.1, 0.15) is 60.7 Å². The number of carbonyl (C=O) groups excluding carboxylic acids is 1. The number of H-pyrrole nitrogens is 1. The van der Waals surface area contributed by atoms with E-state index in [9.17, 15) is 33.0 Å². The highest BCUT2D eigenvalue weighted by atomic mass is 19.4. The van der Waals surface area contributed by atoms with Crippen molar-refractivity contribution in [1.82, 2.24) is 19.9 Å². The zero-order valence-electron chi connectivity index (χ0n) is 21.3. The molecule has 1 fully saturated rings. The minimum Gasteiger partial charge on any atom is -0.486 e. The van der Waals surface area contributed by atoms with Gasteiger partial charge < -0.3 is 24.8 Å². The van der Waals surface area contributed by atoms with Crippen LogP contribution in [0.5, 0.6) is 5.75 Å². The van der Waals surface area contributed by atoms with Crippen LogP contribution in [0, 0.1) is 12.8 Å². The van der Waals surface area contributed by atoms with Crippen LogP contribution in [0.3, 0.4) is 0 Å². The number of aromatic nitrogens is 3. The maximum absolute atomic E-state index is 13.8. The van der Waals surface area contributed by atoms with E-state index < -0.39 is 41.2 Å². The minimum absolute atomic E-state index is 0.0917. The summed E-state index contributed by atoms with van der Waals surface area (Å²) in [5, 5.41) is 20.5. The number of hydrogen-bond donors (Lipinski definition) is 3. The van der Waals surface area contributed by atoms with E-state index in [0.717, 1.165) is 6.07 Å². The lowest BCUT2D eigenvalue weighted by Crippen LogP contribution is -2.53. The Morgan fingerprint density at radius 1 is 1.21 bits per heavy atom. The number of fused-ring (bicyclic) bond motifs is 1. The number of aliphatic hydroxyl groups excluding tert-OH is 1. The standard InChI is InChI=1S/C26H29F3N4O5/c1-13(17-11-18-22(30-14(2)31-23(18)35)32-21(17)26(27,28)29)38-16-7-5-15(6-8-16)24(36)33-10-9-20(34)19(12-33)25(3,4)37/h5-8,11,13,19-20,34,37H,9-10,12H2,1-4H3,(H,30,31,32,35). The zero-order valence-corrected chi connectivity index (χ0v) is 21.3. The summed E-state index contributed by atoms with van der Waals surface area (Å²) in [6.45, 7) is 6.54. The molecule has 3 N–H and O–H groups in total. The summed E-state index contributed by atoms with van der Waals surface area (Å²) in [4.78, 5) is 36.9. The largest absolute Gasteiger partial charge is 0.486 e. The highest BCUT2D eigenvalue weighted by Gasteiger charge is 2.40. The molecule has 0 aliphatic carbocycles. The molecule has 4 rings (SSSR count). The Bertz CT molecular complexity index is 1400. The van der Waals surface area contributed by atoms with E-state index in [-0.39, 0.29) is 40.6 Å². The van der Waals surface area contributed by atoms with Gasteiger partial charge in [-0.1, -0.05) is 0 Å². The molecule has 0 radical (unpaired) electrons. The van der Waals surface area contributed by atoms with Crippen molar-refractivity contribution >= 4 is 16.9 Å². The van der Waals surface area contributed by atoms with Crippen LogP contribution in [0.25, 0.3) is 11.0 Å². The van der Waals surface area contributed by atoms with Gasteiger partial charge in [0.15, 0.2) is 11.3 Å². The van der Waals surface area contributed by atoms with Gasteiger partial charge in [-0.15, -0.1) is 0 Å². The Balaban J connectivity index is 1.55. The molecule has 1 aromatic carbocycles. The van der Waals surface area contributed by atoms with Gasteiger partial charge in [0.05, 0.1) is 17.1 Å². The maximum atomic E-state index is 13.8. The monoisotopic (exact) mass is 534 g/mol. The third kappa shape index (κ3) is 5.65. The topological polar surface area (TPSA) is 129 Å². The summed E-state index contributed by atoms with van der Waals surface area (Å²) in [5.74, 6) is -0.452. The summed E-state index contributed by atoms with van der Waals surface area (Å²) >= 11 is 0. The van der Waals surface area contributed by atoms with Gasteiger partial charge in [0.25, 0.3) is 11.5 Å². The molecule has 9 nitrogen and oxygen atoms in total. The molecule has 0 spiro atoms. The van der Waals surface area contributed by atoms with Gasteiger partial charge in [-0.25, -0.2) is 9.97 Å². The van der Waals surface area contributed by atoms with Crippen LogP contribution in [0.15, 0.2) is 35.1 Å². The lowest BCUT2D eigenvalue weighted by molar-refractivity contribution is -0.142. The summed E-state index contributed by atoms with van der Waals surface area (Å²) in [5.41, 5.74) is -3.29. The molecule has 204 valence electrons. The molecular formula is C26H29F3N4O5. The Kier molecular flexibility index (Phi) is 7.23. The summed E-state index contributed by atoms with van der Waals surface area (Å²) in [7, 11) is 0. The summed E-state index contributed by atoms with van der Waals surface area (Å²) < 4.78 is 47.2. The number of rotatable bonds is 5. The van der Waals surface area contributed by atoms with E-state index >= 15 is 0 Å². The molecule has 1 aliphatic heterocycles. The molecule has 0 bridgehead atoms. The molecule has 1 amide bonds. The van der Waals surface area contributed by atoms with E-state index in [1.807, 2.05) is 0 Å². The Hall–Kier alpha value is -3.51. The first-order valence-electron chi connectivity index (χ1n) is 12.1. The molecule has 0 saturated carbocycles. The number of amides is 1. The van der Waals surface area contributed by atoms with Crippen LogP contribution < -0.4 is 10.3 Å². The van der Waals surface area contributed by atoms with Crippen molar-refractivity contribution in [3.05, 3.63) is 63.3 Å². The van der Waals surface area contributed by atoms with E-state index in [2.05, 4.69) is 15.0 Å². The lowest BCUT2D eigenvalue weighted by Gasteiger charge is -2.41. The van der Waals surface area contributed by atoms with Gasteiger partial charge in [0.1, 0.15) is 17.7 Å². The number of alkyl halides is 3. The second kappa shape index (κ2) is 9.99. The predicted octanol–water partition coefficient (Wildman–Crippen LogP) is 3.38. The summed E-state index contributed by atoms with van der Waals surface area (Å²) in [6.07, 6.45) is -6.34. The fourth-order valence-corrected chi connectivity index (χ4v) is 4.67. The number of piperidine rings is 1. The van der Waals surface area contributed by atoms with Gasteiger partial charge in [-0.2, -0.15) is 13.2 Å². The van der Waals surface area contributed by atoms with Gasteiger partial charge >= 0.3 is 6.18 Å². The number of aliphatic hydroxyl groups is 2. The second-order valence-corrected chi connectivity index (χ2v) is 10.1. The van der Waals surface area contributed by atoms with Crippen molar-refractivity contribution in [3.8, 4) is 5.75 Å². The number of aromatic amines is 1. The molecule has 3 unspecified atom stereocenters. The normalized spacial score (nSPS) is 19.4. The first-order valence-corrected chi connectivity index (χ1v) is 12.1. The number of likely N-dealkylation sites (tertiary alicyclic amines) is 1. The van der Waals surface area contributed by atoms with Crippen LogP contribution in [-0.2, 0) is 6.18 Å². The van der Waals surface area contributed by atoms with Crippen molar-refractivity contribution in [2.24, 2.45) is 5.92 Å². The first kappa shape index (κ1) is 27.5. The van der Waals surface area contributed by atoms with Crippen LogP contribution in [0.2, 0.25) is 0 Å². The van der Waals surface area contributed by atoms with Crippen molar-refractivity contribution in [3.63, 3.8) is 0 Å². The highest BCUT2D eigenvalue weighted by molar-refractivity contribution is 5.94. The van der Waals surface area contributed by atoms with E-state index in [1.54, 1.807) is 18.7 Å².